The molecule has 3 aromatic rings. The van der Waals surface area contributed by atoms with E-state index in [1.807, 2.05) is 57.5 Å². The van der Waals surface area contributed by atoms with Crippen LogP contribution in [0, 0.1) is 0 Å². The lowest BCUT2D eigenvalue weighted by atomic mass is 9.98. The number of halogens is 2. The van der Waals surface area contributed by atoms with Gasteiger partial charge in [-0.05, 0) is 53.9 Å². The van der Waals surface area contributed by atoms with Gasteiger partial charge in [-0.15, -0.1) is 0 Å². The molecule has 3 nitrogen and oxygen atoms in total. The van der Waals surface area contributed by atoms with Crippen molar-refractivity contribution in [2.24, 2.45) is 4.99 Å². The van der Waals surface area contributed by atoms with Crippen molar-refractivity contribution in [1.82, 2.24) is 5.32 Å². The molecule has 0 aliphatic rings. The molecule has 29 heavy (non-hydrogen) atoms. The average Bonchev–Trinajstić information content (AvgIpc) is 2.73. The predicted octanol–water partition coefficient (Wildman–Crippen LogP) is 6.01. The smallest absolute Gasteiger partial charge is 0.130 e. The normalized spacial score (nSPS) is 12.5. The van der Waals surface area contributed by atoms with Gasteiger partial charge >= 0.3 is 0 Å². The van der Waals surface area contributed by atoms with Gasteiger partial charge in [0.1, 0.15) is 5.84 Å². The summed E-state index contributed by atoms with van der Waals surface area (Å²) in [5.74, 6) is 0.850. The third-order valence-electron chi connectivity index (χ3n) is 4.80. The third kappa shape index (κ3) is 5.53. The highest BCUT2D eigenvalue weighted by Gasteiger charge is 2.17. The number of hydrogen-bond donors (Lipinski definition) is 1. The zero-order chi connectivity index (χ0) is 20.8. The van der Waals surface area contributed by atoms with E-state index in [9.17, 15) is 0 Å². The molecule has 0 aliphatic heterocycles. The first kappa shape index (κ1) is 21.2. The molecule has 5 heteroatoms. The molecule has 150 valence electrons. The van der Waals surface area contributed by atoms with Crippen molar-refractivity contribution in [3.63, 3.8) is 0 Å². The second kappa shape index (κ2) is 9.82. The van der Waals surface area contributed by atoms with Crippen LogP contribution in [-0.4, -0.2) is 27.0 Å². The molecule has 0 aromatic heterocycles. The Kier molecular flexibility index (Phi) is 7.18. The summed E-state index contributed by atoms with van der Waals surface area (Å²) in [5.41, 5.74) is 4.52. The van der Waals surface area contributed by atoms with Gasteiger partial charge in [-0.25, -0.2) is 0 Å². The Morgan fingerprint density at radius 3 is 2.07 bits per heavy atom. The molecule has 0 bridgehead atoms. The fourth-order valence-electron chi connectivity index (χ4n) is 3.30. The van der Waals surface area contributed by atoms with Gasteiger partial charge < -0.3 is 10.2 Å². The molecule has 1 N–H and O–H groups in total. The van der Waals surface area contributed by atoms with Crippen LogP contribution in [0.1, 0.15) is 22.7 Å². The number of benzene rings is 3. The molecule has 0 radical (unpaired) electrons. The predicted molar refractivity (Wildman–Crippen MR) is 126 cm³/mol. The zero-order valence-corrected chi connectivity index (χ0v) is 18.4. The van der Waals surface area contributed by atoms with Crippen molar-refractivity contribution in [2.75, 3.05) is 26.0 Å². The fourth-order valence-corrected chi connectivity index (χ4v) is 3.55. The number of nitrogens with one attached hydrogen (secondary N) is 1. The maximum Gasteiger partial charge on any atom is 0.130 e. The van der Waals surface area contributed by atoms with E-state index in [4.69, 9.17) is 23.2 Å². The molecule has 3 aromatic carbocycles. The maximum absolute atomic E-state index is 6.11. The van der Waals surface area contributed by atoms with E-state index in [0.717, 1.165) is 39.1 Å². The van der Waals surface area contributed by atoms with Crippen molar-refractivity contribution in [2.45, 2.75) is 12.5 Å². The van der Waals surface area contributed by atoms with E-state index in [-0.39, 0.29) is 6.04 Å². The largest absolute Gasteiger partial charge is 0.377 e. The summed E-state index contributed by atoms with van der Waals surface area (Å²) in [7, 11) is 5.89. The monoisotopic (exact) mass is 425 g/mol. The van der Waals surface area contributed by atoms with Crippen molar-refractivity contribution in [3.8, 4) is 0 Å². The van der Waals surface area contributed by atoms with Gasteiger partial charge in [0.05, 0.1) is 6.04 Å². The summed E-state index contributed by atoms with van der Waals surface area (Å²) >= 11 is 12.2. The number of hydrogen-bond acceptors (Lipinski definition) is 2. The van der Waals surface area contributed by atoms with Crippen LogP contribution < -0.4 is 10.2 Å². The summed E-state index contributed by atoms with van der Waals surface area (Å²) in [5, 5.41) is 5.12. The Bertz CT molecular complexity index is 964. The van der Waals surface area contributed by atoms with Crippen LogP contribution in [-0.2, 0) is 6.42 Å². The molecule has 0 saturated carbocycles. The van der Waals surface area contributed by atoms with Crippen molar-refractivity contribution < 1.29 is 0 Å². The standard InChI is InChI=1S/C24H25Cl2N3/c1-27-24(21-6-4-5-7-23(21)29(2)3)28-22(18-10-14-20(26)15-11-18)16-17-8-12-19(25)13-9-17/h4-15,22H,16H2,1-3H3,(H,27,28)/t22-/m1/s1. The quantitative estimate of drug-likeness (QED) is 0.386. The van der Waals surface area contributed by atoms with Crippen LogP contribution in [0.5, 0.6) is 0 Å². The van der Waals surface area contributed by atoms with Crippen LogP contribution in [0.25, 0.3) is 0 Å². The van der Waals surface area contributed by atoms with E-state index < -0.39 is 0 Å². The zero-order valence-electron chi connectivity index (χ0n) is 16.9. The number of aliphatic imine (C=N–C) groups is 1. The molecule has 3 rings (SSSR count). The van der Waals surface area contributed by atoms with Crippen LogP contribution in [0.2, 0.25) is 10.0 Å². The Hall–Kier alpha value is -2.49. The van der Waals surface area contributed by atoms with Crippen LogP contribution in [0.4, 0.5) is 5.69 Å². The summed E-state index contributed by atoms with van der Waals surface area (Å²) in [6.07, 6.45) is 0.794. The van der Waals surface area contributed by atoms with Gasteiger partial charge in [0.2, 0.25) is 0 Å². The SMILES string of the molecule is CN=C(N[C@H](Cc1ccc(Cl)cc1)c1ccc(Cl)cc1)c1ccccc1N(C)C. The maximum atomic E-state index is 6.11. The molecule has 0 fully saturated rings. The van der Waals surface area contributed by atoms with Gasteiger partial charge in [0, 0.05) is 42.4 Å². The fraction of sp³-hybridized carbons (Fsp3) is 0.208. The molecule has 0 aliphatic carbocycles. The third-order valence-corrected chi connectivity index (χ3v) is 5.30. The molecule has 0 saturated heterocycles. The number of nitrogens with zero attached hydrogens (tertiary/aromatic N) is 2. The summed E-state index contributed by atoms with van der Waals surface area (Å²) in [6, 6.07) is 24.2. The molecular formula is C24H25Cl2N3. The second-order valence-corrected chi connectivity index (χ2v) is 7.94. The molecule has 0 heterocycles. The Labute approximate surface area is 183 Å². The van der Waals surface area contributed by atoms with E-state index in [0.29, 0.717) is 0 Å². The van der Waals surface area contributed by atoms with Crippen molar-refractivity contribution in [3.05, 3.63) is 99.5 Å². The number of amidine groups is 1. The minimum absolute atomic E-state index is 0.0300. The van der Waals surface area contributed by atoms with Crippen LogP contribution >= 0.6 is 23.2 Å². The first-order chi connectivity index (χ1) is 14.0. The lowest BCUT2D eigenvalue weighted by Gasteiger charge is -2.24. The summed E-state index contributed by atoms with van der Waals surface area (Å²) in [4.78, 5) is 6.67. The number of rotatable bonds is 6. The van der Waals surface area contributed by atoms with Gasteiger partial charge in [0.15, 0.2) is 0 Å². The van der Waals surface area contributed by atoms with Gasteiger partial charge in [-0.3, -0.25) is 4.99 Å². The van der Waals surface area contributed by atoms with Crippen molar-refractivity contribution in [1.29, 1.82) is 0 Å². The van der Waals surface area contributed by atoms with E-state index in [2.05, 4.69) is 51.6 Å². The minimum atomic E-state index is 0.0300. The molecular weight excluding hydrogens is 401 g/mol. The highest BCUT2D eigenvalue weighted by Crippen LogP contribution is 2.24. The Morgan fingerprint density at radius 2 is 1.48 bits per heavy atom. The number of para-hydroxylation sites is 1. The van der Waals surface area contributed by atoms with E-state index in [1.165, 1.54) is 5.56 Å². The Morgan fingerprint density at radius 1 is 0.897 bits per heavy atom. The highest BCUT2D eigenvalue weighted by molar-refractivity contribution is 6.30. The Balaban J connectivity index is 1.95. The van der Waals surface area contributed by atoms with Gasteiger partial charge in [0.25, 0.3) is 0 Å². The summed E-state index contributed by atoms with van der Waals surface area (Å²) in [6.45, 7) is 0. The molecule has 0 spiro atoms. The first-order valence-electron chi connectivity index (χ1n) is 9.48. The van der Waals surface area contributed by atoms with Gasteiger partial charge in [-0.2, -0.15) is 0 Å². The molecule has 0 unspecified atom stereocenters. The van der Waals surface area contributed by atoms with Crippen molar-refractivity contribution >= 4 is 34.7 Å². The lowest BCUT2D eigenvalue weighted by molar-refractivity contribution is 0.643. The molecule has 1 atom stereocenters. The van der Waals surface area contributed by atoms with E-state index in [1.54, 1.807) is 0 Å². The van der Waals surface area contributed by atoms with Crippen LogP contribution in [0.15, 0.2) is 77.8 Å². The first-order valence-corrected chi connectivity index (χ1v) is 10.2. The molecule has 0 amide bonds. The van der Waals surface area contributed by atoms with Gasteiger partial charge in [-0.1, -0.05) is 59.6 Å². The highest BCUT2D eigenvalue weighted by atomic mass is 35.5. The average molecular weight is 426 g/mol. The second-order valence-electron chi connectivity index (χ2n) is 7.06. The minimum Gasteiger partial charge on any atom is -0.377 e. The lowest BCUT2D eigenvalue weighted by Crippen LogP contribution is -2.32. The van der Waals surface area contributed by atoms with Crippen LogP contribution in [0.3, 0.4) is 0 Å². The summed E-state index contributed by atoms with van der Waals surface area (Å²) < 4.78 is 0. The van der Waals surface area contributed by atoms with E-state index >= 15 is 0 Å². The topological polar surface area (TPSA) is 27.6 Å². The number of anilines is 1.